The number of hydrogen-bond donors (Lipinski definition) is 0. The fraction of sp³-hybridized carbons (Fsp3) is 0.200. The molecule has 0 amide bonds. The highest BCUT2D eigenvalue weighted by Crippen LogP contribution is 2.08. The smallest absolute Gasteiger partial charge is 0.344 e. The van der Waals surface area contributed by atoms with E-state index >= 15 is 0 Å². The summed E-state index contributed by atoms with van der Waals surface area (Å²) in [5, 5.41) is 0. The van der Waals surface area contributed by atoms with Crippen LogP contribution in [0.3, 0.4) is 0 Å². The van der Waals surface area contributed by atoms with E-state index in [1.54, 1.807) is 0 Å². The number of ether oxygens (including phenoxy) is 3. The molecule has 0 aliphatic carbocycles. The predicted octanol–water partition coefficient (Wildman–Crippen LogP) is 2.86. The van der Waals surface area contributed by atoms with Crippen molar-refractivity contribution >= 4 is 27.9 Å². The summed E-state index contributed by atoms with van der Waals surface area (Å²) in [5.41, 5.74) is 0. The standard InChI is InChI=1S/C11H11BrO3.C4H6O2/c1-9(12)11(13)15-8-7-14-10-5-3-2-4-6-10;1-3-4(5)6-2/h2-6H,1,7-8H2;3H,1H2,2H3. The number of benzene rings is 1. The molecule has 0 atom stereocenters. The van der Waals surface area contributed by atoms with E-state index in [0.29, 0.717) is 6.61 Å². The van der Waals surface area contributed by atoms with Crippen molar-refractivity contribution < 1.29 is 23.8 Å². The molecule has 0 heterocycles. The number of para-hydroxylation sites is 1. The quantitative estimate of drug-likeness (QED) is 0.445. The maximum absolute atomic E-state index is 10.9. The van der Waals surface area contributed by atoms with Crippen molar-refractivity contribution in [3.8, 4) is 5.75 Å². The molecule has 0 bridgehead atoms. The lowest BCUT2D eigenvalue weighted by atomic mass is 10.3. The Hall–Kier alpha value is -2.08. The van der Waals surface area contributed by atoms with Crippen LogP contribution in [-0.4, -0.2) is 32.3 Å². The number of esters is 2. The maximum Gasteiger partial charge on any atom is 0.344 e. The molecule has 1 rings (SSSR count). The molecule has 114 valence electrons. The number of carbonyl (C=O) groups excluding carboxylic acids is 2. The molecular formula is C15H17BrO5. The number of methoxy groups -OCH3 is 1. The Labute approximate surface area is 132 Å². The van der Waals surface area contributed by atoms with Crippen LogP contribution in [0, 0.1) is 0 Å². The first kappa shape index (κ1) is 18.9. The lowest BCUT2D eigenvalue weighted by Crippen LogP contribution is -2.11. The van der Waals surface area contributed by atoms with Crippen molar-refractivity contribution in [2.45, 2.75) is 0 Å². The van der Waals surface area contributed by atoms with Gasteiger partial charge in [0, 0.05) is 6.08 Å². The Morgan fingerprint density at radius 3 is 2.29 bits per heavy atom. The molecule has 0 aliphatic rings. The molecule has 5 nitrogen and oxygen atoms in total. The Morgan fingerprint density at radius 2 is 1.86 bits per heavy atom. The summed E-state index contributed by atoms with van der Waals surface area (Å²) < 4.78 is 14.5. The van der Waals surface area contributed by atoms with Crippen molar-refractivity contribution in [2.75, 3.05) is 20.3 Å². The third-order valence-electron chi connectivity index (χ3n) is 1.92. The van der Waals surface area contributed by atoms with Crippen molar-refractivity contribution in [2.24, 2.45) is 0 Å². The average molecular weight is 357 g/mol. The van der Waals surface area contributed by atoms with Crippen LogP contribution in [0.25, 0.3) is 0 Å². The van der Waals surface area contributed by atoms with E-state index in [9.17, 15) is 9.59 Å². The molecule has 0 saturated carbocycles. The molecule has 0 fully saturated rings. The van der Waals surface area contributed by atoms with Gasteiger partial charge in [-0.05, 0) is 28.1 Å². The van der Waals surface area contributed by atoms with Crippen molar-refractivity contribution in [3.05, 3.63) is 54.0 Å². The maximum atomic E-state index is 10.9. The van der Waals surface area contributed by atoms with Gasteiger partial charge in [0.2, 0.25) is 0 Å². The van der Waals surface area contributed by atoms with Gasteiger partial charge in [-0.25, -0.2) is 9.59 Å². The highest BCUT2D eigenvalue weighted by Gasteiger charge is 2.03. The SMILES string of the molecule is C=C(Br)C(=O)OCCOc1ccccc1.C=CC(=O)OC. The van der Waals surface area contributed by atoms with E-state index in [2.05, 4.69) is 33.8 Å². The lowest BCUT2D eigenvalue weighted by molar-refractivity contribution is -0.138. The Balaban J connectivity index is 0.000000567. The molecule has 0 saturated heterocycles. The molecule has 0 unspecified atom stereocenters. The normalized spacial score (nSPS) is 8.67. The minimum Gasteiger partial charge on any atom is -0.490 e. The molecule has 0 N–H and O–H groups in total. The number of carbonyl (C=O) groups is 2. The van der Waals surface area contributed by atoms with Gasteiger partial charge in [0.1, 0.15) is 19.0 Å². The van der Waals surface area contributed by atoms with Crippen LogP contribution >= 0.6 is 15.9 Å². The average Bonchev–Trinajstić information content (AvgIpc) is 2.52. The summed E-state index contributed by atoms with van der Waals surface area (Å²) in [6.45, 7) is 7.09. The highest BCUT2D eigenvalue weighted by atomic mass is 79.9. The molecule has 0 aromatic heterocycles. The van der Waals surface area contributed by atoms with Gasteiger partial charge in [0.25, 0.3) is 0 Å². The molecule has 6 heteroatoms. The first-order chi connectivity index (χ1) is 10.0. The van der Waals surface area contributed by atoms with Gasteiger partial charge in [-0.3, -0.25) is 0 Å². The Morgan fingerprint density at radius 1 is 1.24 bits per heavy atom. The second-order valence-electron chi connectivity index (χ2n) is 3.43. The van der Waals surface area contributed by atoms with Gasteiger partial charge in [-0.2, -0.15) is 0 Å². The molecule has 1 aromatic carbocycles. The van der Waals surface area contributed by atoms with Crippen LogP contribution in [0.4, 0.5) is 0 Å². The van der Waals surface area contributed by atoms with Gasteiger partial charge in [-0.15, -0.1) is 0 Å². The molecule has 1 aromatic rings. The molecule has 21 heavy (non-hydrogen) atoms. The second kappa shape index (κ2) is 11.7. The second-order valence-corrected chi connectivity index (χ2v) is 4.39. The zero-order valence-electron chi connectivity index (χ0n) is 11.7. The highest BCUT2D eigenvalue weighted by molar-refractivity contribution is 9.12. The van der Waals surface area contributed by atoms with E-state index in [0.717, 1.165) is 11.8 Å². The van der Waals surface area contributed by atoms with Gasteiger partial charge in [-0.1, -0.05) is 31.4 Å². The van der Waals surface area contributed by atoms with E-state index in [1.165, 1.54) is 7.11 Å². The minimum atomic E-state index is -0.466. The summed E-state index contributed by atoms with van der Waals surface area (Å²) in [7, 11) is 1.31. The number of rotatable bonds is 6. The number of hydrogen-bond acceptors (Lipinski definition) is 5. The zero-order valence-corrected chi connectivity index (χ0v) is 13.3. The first-order valence-electron chi connectivity index (χ1n) is 5.91. The van der Waals surface area contributed by atoms with Gasteiger partial charge in [0.15, 0.2) is 0 Å². The van der Waals surface area contributed by atoms with Crippen molar-refractivity contribution in [1.29, 1.82) is 0 Å². The third kappa shape index (κ3) is 10.4. The molecule has 0 aliphatic heterocycles. The van der Waals surface area contributed by atoms with Crippen molar-refractivity contribution in [1.82, 2.24) is 0 Å². The molecule has 0 radical (unpaired) electrons. The van der Waals surface area contributed by atoms with Crippen LogP contribution in [0.5, 0.6) is 5.75 Å². The van der Waals surface area contributed by atoms with Gasteiger partial charge >= 0.3 is 11.9 Å². The summed E-state index contributed by atoms with van der Waals surface area (Å²) >= 11 is 2.93. The van der Waals surface area contributed by atoms with E-state index < -0.39 is 11.9 Å². The fourth-order valence-corrected chi connectivity index (χ4v) is 1.09. The predicted molar refractivity (Wildman–Crippen MR) is 83.2 cm³/mol. The topological polar surface area (TPSA) is 61.8 Å². The summed E-state index contributed by atoms with van der Waals surface area (Å²) in [4.78, 5) is 20.8. The van der Waals surface area contributed by atoms with Crippen LogP contribution in [0.15, 0.2) is 54.0 Å². The molecule has 0 spiro atoms. The fourth-order valence-electron chi connectivity index (χ4n) is 0.972. The lowest BCUT2D eigenvalue weighted by Gasteiger charge is -2.06. The third-order valence-corrected chi connectivity index (χ3v) is 2.24. The Kier molecular flexibility index (Phi) is 10.6. The Bertz CT molecular complexity index is 470. The van der Waals surface area contributed by atoms with Crippen LogP contribution in [0.1, 0.15) is 0 Å². The summed E-state index contributed by atoms with van der Waals surface area (Å²) in [5.74, 6) is -0.104. The van der Waals surface area contributed by atoms with E-state index in [1.807, 2.05) is 30.3 Å². The summed E-state index contributed by atoms with van der Waals surface area (Å²) in [6, 6.07) is 9.33. The largest absolute Gasteiger partial charge is 0.490 e. The van der Waals surface area contributed by atoms with Gasteiger partial charge < -0.3 is 14.2 Å². The van der Waals surface area contributed by atoms with Crippen LogP contribution < -0.4 is 4.74 Å². The van der Waals surface area contributed by atoms with E-state index in [-0.39, 0.29) is 11.1 Å². The van der Waals surface area contributed by atoms with Crippen LogP contribution in [0.2, 0.25) is 0 Å². The van der Waals surface area contributed by atoms with Crippen LogP contribution in [-0.2, 0) is 19.1 Å². The minimum absolute atomic E-state index is 0.207. The monoisotopic (exact) mass is 356 g/mol. The van der Waals surface area contributed by atoms with E-state index in [4.69, 9.17) is 9.47 Å². The number of halogens is 1. The zero-order chi connectivity index (χ0) is 16.1. The van der Waals surface area contributed by atoms with Crippen molar-refractivity contribution in [3.63, 3.8) is 0 Å². The summed E-state index contributed by atoms with van der Waals surface area (Å²) in [6.07, 6.45) is 1.11. The molecular weight excluding hydrogens is 340 g/mol. The first-order valence-corrected chi connectivity index (χ1v) is 6.70. The van der Waals surface area contributed by atoms with Gasteiger partial charge in [0.05, 0.1) is 11.6 Å².